The first-order chi connectivity index (χ1) is 9.27. The smallest absolute Gasteiger partial charge is 0.322 e. The molecule has 20 heavy (non-hydrogen) atoms. The van der Waals surface area contributed by atoms with Crippen molar-refractivity contribution in [3.8, 4) is 0 Å². The highest BCUT2D eigenvalue weighted by atomic mass is 19.1. The van der Waals surface area contributed by atoms with E-state index in [1.807, 2.05) is 10.6 Å². The number of carbonyl (C=O) groups is 4. The van der Waals surface area contributed by atoms with Gasteiger partial charge in [-0.05, 0) is 6.42 Å². The molecule has 6 N–H and O–H groups in total. The lowest BCUT2D eigenvalue weighted by molar-refractivity contribution is -0.139. The molecule has 0 heterocycles. The van der Waals surface area contributed by atoms with Crippen LogP contribution in [0.25, 0.3) is 0 Å². The molecule has 0 rings (SSSR count). The molecule has 0 aromatic rings. The van der Waals surface area contributed by atoms with Gasteiger partial charge in [0.25, 0.3) is 0 Å². The van der Waals surface area contributed by atoms with E-state index in [2.05, 4.69) is 0 Å². The maximum atomic E-state index is 12.6. The summed E-state index contributed by atoms with van der Waals surface area (Å²) < 4.78 is 12.6. The number of rotatable bonds is 9. The van der Waals surface area contributed by atoms with Crippen LogP contribution in [0.2, 0.25) is 0 Å². The molecule has 0 saturated carbocycles. The summed E-state index contributed by atoms with van der Waals surface area (Å²) in [5, 5.41) is 20.8. The number of carbonyl (C=O) groups excluding carboxylic acids is 2. The molecule has 0 spiro atoms. The van der Waals surface area contributed by atoms with Gasteiger partial charge in [0, 0.05) is 6.42 Å². The molecule has 2 atom stereocenters. The molecule has 0 saturated heterocycles. The number of carboxylic acids is 2. The van der Waals surface area contributed by atoms with Crippen LogP contribution in [-0.2, 0) is 19.2 Å². The summed E-state index contributed by atoms with van der Waals surface area (Å²) >= 11 is 0. The molecule has 114 valence electrons. The molecule has 0 radical (unpaired) electrons. The van der Waals surface area contributed by atoms with Crippen LogP contribution < -0.4 is 16.4 Å². The van der Waals surface area contributed by atoms with Crippen LogP contribution in [0.15, 0.2) is 0 Å². The summed E-state index contributed by atoms with van der Waals surface area (Å²) in [6.45, 7) is -1.92. The maximum Gasteiger partial charge on any atom is 0.322 e. The number of hydrogen-bond acceptors (Lipinski definition) is 5. The normalized spacial score (nSPS) is 13.1. The van der Waals surface area contributed by atoms with Gasteiger partial charge in [-0.1, -0.05) is 0 Å². The number of aliphatic carboxylic acids is 2. The fraction of sp³-hybridized carbons (Fsp3) is 0.600. The minimum absolute atomic E-state index is 0.170. The van der Waals surface area contributed by atoms with Crippen LogP contribution in [-0.4, -0.2) is 59.3 Å². The Balaban J connectivity index is 4.21. The Morgan fingerprint density at radius 1 is 1.20 bits per heavy atom. The highest BCUT2D eigenvalue weighted by Crippen LogP contribution is 1.96. The van der Waals surface area contributed by atoms with E-state index in [0.717, 1.165) is 0 Å². The first-order valence-corrected chi connectivity index (χ1v) is 5.61. The van der Waals surface area contributed by atoms with E-state index < -0.39 is 49.1 Å². The molecular formula is C10H16FN3O6. The van der Waals surface area contributed by atoms with Gasteiger partial charge in [-0.2, -0.15) is 0 Å². The summed E-state index contributed by atoms with van der Waals surface area (Å²) in [5.41, 5.74) is 5.17. The number of hydrogen-bond donors (Lipinski definition) is 5. The van der Waals surface area contributed by atoms with Gasteiger partial charge in [-0.3, -0.25) is 19.2 Å². The average Bonchev–Trinajstić information content (AvgIpc) is 2.38. The third-order valence-corrected chi connectivity index (χ3v) is 2.22. The molecule has 0 aromatic heterocycles. The largest absolute Gasteiger partial charge is 0.480 e. The van der Waals surface area contributed by atoms with Gasteiger partial charge in [-0.25, -0.2) is 4.39 Å². The fourth-order valence-corrected chi connectivity index (χ4v) is 1.14. The molecule has 0 aliphatic carbocycles. The number of halogens is 1. The monoisotopic (exact) mass is 293 g/mol. The Labute approximate surface area is 113 Å². The zero-order valence-corrected chi connectivity index (χ0v) is 10.5. The molecule has 10 heteroatoms. The van der Waals surface area contributed by atoms with Crippen LogP contribution >= 0.6 is 0 Å². The van der Waals surface area contributed by atoms with E-state index in [4.69, 9.17) is 15.9 Å². The average molecular weight is 293 g/mol. The van der Waals surface area contributed by atoms with E-state index in [9.17, 15) is 23.6 Å². The van der Waals surface area contributed by atoms with Crippen LogP contribution in [0.1, 0.15) is 12.8 Å². The van der Waals surface area contributed by atoms with Crippen LogP contribution in [0, 0.1) is 0 Å². The predicted octanol–water partition coefficient (Wildman–Crippen LogP) is -2.17. The van der Waals surface area contributed by atoms with Crippen LogP contribution in [0.5, 0.6) is 0 Å². The van der Waals surface area contributed by atoms with Gasteiger partial charge in [0.05, 0.1) is 0 Å². The number of amides is 2. The van der Waals surface area contributed by atoms with Crippen molar-refractivity contribution in [3.63, 3.8) is 0 Å². The number of carboxylic acid groups (broad SMARTS) is 2. The predicted molar refractivity (Wildman–Crippen MR) is 63.4 cm³/mol. The van der Waals surface area contributed by atoms with E-state index >= 15 is 0 Å². The van der Waals surface area contributed by atoms with Gasteiger partial charge in [-0.15, -0.1) is 0 Å². The first-order valence-electron chi connectivity index (χ1n) is 5.61. The Hall–Kier alpha value is -2.23. The van der Waals surface area contributed by atoms with Gasteiger partial charge < -0.3 is 26.6 Å². The highest BCUT2D eigenvalue weighted by Gasteiger charge is 2.22. The Morgan fingerprint density at radius 3 is 2.25 bits per heavy atom. The van der Waals surface area contributed by atoms with Gasteiger partial charge >= 0.3 is 11.9 Å². The lowest BCUT2D eigenvalue weighted by atomic mass is 10.1. The minimum Gasteiger partial charge on any atom is -0.480 e. The maximum absolute atomic E-state index is 12.6. The second-order valence-corrected chi connectivity index (χ2v) is 3.87. The zero-order valence-electron chi connectivity index (χ0n) is 10.5. The van der Waals surface area contributed by atoms with Crippen LogP contribution in [0.3, 0.4) is 0 Å². The Kier molecular flexibility index (Phi) is 7.82. The number of nitrogens with one attached hydrogen (secondary N) is 2. The van der Waals surface area contributed by atoms with E-state index in [0.29, 0.717) is 0 Å². The van der Waals surface area contributed by atoms with Gasteiger partial charge in [0.2, 0.25) is 11.8 Å². The van der Waals surface area contributed by atoms with Crippen molar-refractivity contribution in [2.45, 2.75) is 24.9 Å². The SMILES string of the molecule is NC(CCC(=O)NC(CF)C(=O)NCC(=O)O)C(=O)O. The van der Waals surface area contributed by atoms with Gasteiger partial charge in [0.15, 0.2) is 0 Å². The number of alkyl halides is 1. The molecule has 0 aliphatic heterocycles. The van der Waals surface area contributed by atoms with Crippen molar-refractivity contribution in [2.24, 2.45) is 5.73 Å². The molecule has 2 amide bonds. The quantitative estimate of drug-likeness (QED) is 0.323. The highest BCUT2D eigenvalue weighted by molar-refractivity contribution is 5.89. The lowest BCUT2D eigenvalue weighted by Crippen LogP contribution is -2.49. The summed E-state index contributed by atoms with van der Waals surface area (Å²) in [5.74, 6) is -4.32. The van der Waals surface area contributed by atoms with Crippen molar-refractivity contribution in [1.29, 1.82) is 0 Å². The van der Waals surface area contributed by atoms with E-state index in [-0.39, 0.29) is 12.8 Å². The topological polar surface area (TPSA) is 159 Å². The second kappa shape index (κ2) is 8.80. The first kappa shape index (κ1) is 17.8. The molecule has 0 aromatic carbocycles. The van der Waals surface area contributed by atoms with Crippen molar-refractivity contribution in [3.05, 3.63) is 0 Å². The summed E-state index contributed by atoms with van der Waals surface area (Å²) in [4.78, 5) is 43.3. The fourth-order valence-electron chi connectivity index (χ4n) is 1.14. The summed E-state index contributed by atoms with van der Waals surface area (Å²) in [6, 6.07) is -2.76. The van der Waals surface area contributed by atoms with Crippen molar-refractivity contribution in [1.82, 2.24) is 10.6 Å². The molecule has 2 unspecified atom stereocenters. The van der Waals surface area contributed by atoms with E-state index in [1.54, 1.807) is 0 Å². The summed E-state index contributed by atoms with van der Waals surface area (Å²) in [7, 11) is 0. The van der Waals surface area contributed by atoms with E-state index in [1.165, 1.54) is 0 Å². The molecule has 0 aliphatic rings. The third-order valence-electron chi connectivity index (χ3n) is 2.22. The summed E-state index contributed by atoms with van der Waals surface area (Å²) in [6.07, 6.45) is -0.465. The molecule has 0 bridgehead atoms. The Morgan fingerprint density at radius 2 is 1.80 bits per heavy atom. The second-order valence-electron chi connectivity index (χ2n) is 3.87. The number of nitrogens with two attached hydrogens (primary N) is 1. The third kappa shape index (κ3) is 7.26. The standard InChI is InChI=1S/C10H16FN3O6/c11-3-6(9(18)13-4-8(16)17)14-7(15)2-1-5(12)10(19)20/h5-6H,1-4,12H2,(H,13,18)(H,14,15)(H,16,17)(H,19,20). The minimum atomic E-state index is -1.53. The Bertz CT molecular complexity index is 389. The van der Waals surface area contributed by atoms with Gasteiger partial charge in [0.1, 0.15) is 25.3 Å². The molecule has 0 fully saturated rings. The van der Waals surface area contributed by atoms with Crippen molar-refractivity contribution < 1.29 is 33.8 Å². The molecule has 9 nitrogen and oxygen atoms in total. The lowest BCUT2D eigenvalue weighted by Gasteiger charge is -2.15. The van der Waals surface area contributed by atoms with Crippen LogP contribution in [0.4, 0.5) is 4.39 Å². The molecular weight excluding hydrogens is 277 g/mol. The zero-order chi connectivity index (χ0) is 15.7. The van der Waals surface area contributed by atoms with Crippen molar-refractivity contribution in [2.75, 3.05) is 13.2 Å². The van der Waals surface area contributed by atoms with Crippen molar-refractivity contribution >= 4 is 23.8 Å².